The van der Waals surface area contributed by atoms with Gasteiger partial charge in [-0.3, -0.25) is 0 Å². The third kappa shape index (κ3) is 5.79. The van der Waals surface area contributed by atoms with E-state index in [1.807, 2.05) is 6.92 Å². The number of nitrogens with two attached hydrogens (primary N) is 1. The minimum Gasteiger partial charge on any atom is -0.329 e. The quantitative estimate of drug-likeness (QED) is 0.442. The summed E-state index contributed by atoms with van der Waals surface area (Å²) in [5.41, 5.74) is 5.41. The van der Waals surface area contributed by atoms with Crippen molar-refractivity contribution < 1.29 is 0 Å². The van der Waals surface area contributed by atoms with Crippen LogP contribution in [0.4, 0.5) is 0 Å². The molecule has 0 heterocycles. The molecule has 0 aliphatic heterocycles. The molecule has 0 saturated carbocycles. The lowest BCUT2D eigenvalue weighted by molar-refractivity contribution is 0.562. The van der Waals surface area contributed by atoms with Crippen molar-refractivity contribution in [1.29, 1.82) is 0 Å². The van der Waals surface area contributed by atoms with Crippen LogP contribution in [-0.4, -0.2) is 19.1 Å². The maximum Gasteiger partial charge on any atom is 0.0162 e. The predicted octanol–water partition coefficient (Wildman–Crippen LogP) is 0.889. The number of allylic oxidation sites excluding steroid dienone is 1. The van der Waals surface area contributed by atoms with E-state index in [0.29, 0.717) is 6.04 Å². The molecule has 0 aromatic heterocycles. The fourth-order valence-electron chi connectivity index (χ4n) is 0.663. The second-order valence-corrected chi connectivity index (χ2v) is 2.45. The SMILES string of the molecule is C/C=C/CCNC(C)CN. The molecule has 0 rings (SSSR count). The van der Waals surface area contributed by atoms with Crippen LogP contribution < -0.4 is 11.1 Å². The van der Waals surface area contributed by atoms with Crippen LogP contribution >= 0.6 is 0 Å². The minimum atomic E-state index is 0.449. The fraction of sp³-hybridized carbons (Fsp3) is 0.750. The van der Waals surface area contributed by atoms with Crippen LogP contribution in [0.2, 0.25) is 0 Å². The minimum absolute atomic E-state index is 0.449. The molecule has 10 heavy (non-hydrogen) atoms. The van der Waals surface area contributed by atoms with E-state index in [1.165, 1.54) is 0 Å². The van der Waals surface area contributed by atoms with E-state index < -0.39 is 0 Å². The lowest BCUT2D eigenvalue weighted by Crippen LogP contribution is -2.33. The molecule has 3 N–H and O–H groups in total. The summed E-state index contributed by atoms with van der Waals surface area (Å²) in [4.78, 5) is 0. The van der Waals surface area contributed by atoms with Gasteiger partial charge >= 0.3 is 0 Å². The molecule has 2 heteroatoms. The summed E-state index contributed by atoms with van der Waals surface area (Å²) >= 11 is 0. The smallest absolute Gasteiger partial charge is 0.0162 e. The molecule has 2 nitrogen and oxygen atoms in total. The molecule has 0 aliphatic carbocycles. The number of rotatable bonds is 5. The van der Waals surface area contributed by atoms with Gasteiger partial charge in [0.1, 0.15) is 0 Å². The van der Waals surface area contributed by atoms with E-state index >= 15 is 0 Å². The Bertz CT molecular complexity index is 89.3. The van der Waals surface area contributed by atoms with Crippen LogP contribution in [0.5, 0.6) is 0 Å². The first kappa shape index (κ1) is 9.66. The van der Waals surface area contributed by atoms with E-state index in [2.05, 4.69) is 24.4 Å². The summed E-state index contributed by atoms with van der Waals surface area (Å²) in [6.45, 7) is 5.88. The van der Waals surface area contributed by atoms with Crippen molar-refractivity contribution in [3.63, 3.8) is 0 Å². The molecule has 0 aromatic rings. The van der Waals surface area contributed by atoms with Crippen molar-refractivity contribution in [3.05, 3.63) is 12.2 Å². The highest BCUT2D eigenvalue weighted by molar-refractivity contribution is 4.78. The van der Waals surface area contributed by atoms with Gasteiger partial charge in [0.25, 0.3) is 0 Å². The van der Waals surface area contributed by atoms with Gasteiger partial charge in [0.15, 0.2) is 0 Å². The molecular formula is C8H18N2. The van der Waals surface area contributed by atoms with Crippen LogP contribution in [0, 0.1) is 0 Å². The highest BCUT2D eigenvalue weighted by Gasteiger charge is 1.93. The van der Waals surface area contributed by atoms with Gasteiger partial charge in [0.2, 0.25) is 0 Å². The third-order valence-corrected chi connectivity index (χ3v) is 1.39. The second-order valence-electron chi connectivity index (χ2n) is 2.45. The highest BCUT2D eigenvalue weighted by atomic mass is 14.9. The van der Waals surface area contributed by atoms with Gasteiger partial charge < -0.3 is 11.1 Å². The molecule has 0 bridgehead atoms. The molecular weight excluding hydrogens is 124 g/mol. The average Bonchev–Trinajstić information content (AvgIpc) is 1.98. The summed E-state index contributed by atoms with van der Waals surface area (Å²) in [5, 5.41) is 3.29. The third-order valence-electron chi connectivity index (χ3n) is 1.39. The van der Waals surface area contributed by atoms with E-state index in [1.54, 1.807) is 0 Å². The van der Waals surface area contributed by atoms with Gasteiger partial charge in [-0.2, -0.15) is 0 Å². The van der Waals surface area contributed by atoms with Crippen molar-refractivity contribution in [2.45, 2.75) is 26.3 Å². The molecule has 0 radical (unpaired) electrons. The fourth-order valence-corrected chi connectivity index (χ4v) is 0.663. The molecule has 0 fully saturated rings. The Morgan fingerprint density at radius 1 is 1.60 bits per heavy atom. The average molecular weight is 142 g/mol. The Morgan fingerprint density at radius 2 is 2.30 bits per heavy atom. The van der Waals surface area contributed by atoms with Crippen LogP contribution in [0.3, 0.4) is 0 Å². The van der Waals surface area contributed by atoms with Gasteiger partial charge in [-0.15, -0.1) is 0 Å². The van der Waals surface area contributed by atoms with Crippen LogP contribution in [0.15, 0.2) is 12.2 Å². The molecule has 0 aromatic carbocycles. The normalized spacial score (nSPS) is 14.3. The lowest BCUT2D eigenvalue weighted by atomic mass is 10.3. The van der Waals surface area contributed by atoms with Crippen molar-refractivity contribution in [2.75, 3.05) is 13.1 Å². The molecule has 0 amide bonds. The van der Waals surface area contributed by atoms with E-state index in [9.17, 15) is 0 Å². The Balaban J connectivity index is 3.03. The maximum absolute atomic E-state index is 5.41. The summed E-state index contributed by atoms with van der Waals surface area (Å²) in [6, 6.07) is 0.449. The van der Waals surface area contributed by atoms with E-state index in [-0.39, 0.29) is 0 Å². The van der Waals surface area contributed by atoms with Gasteiger partial charge in [-0.25, -0.2) is 0 Å². The van der Waals surface area contributed by atoms with Gasteiger partial charge in [0.05, 0.1) is 0 Å². The summed E-state index contributed by atoms with van der Waals surface area (Å²) in [7, 11) is 0. The lowest BCUT2D eigenvalue weighted by Gasteiger charge is -2.08. The first-order valence-corrected chi connectivity index (χ1v) is 3.86. The first-order valence-electron chi connectivity index (χ1n) is 3.86. The highest BCUT2D eigenvalue weighted by Crippen LogP contribution is 1.81. The van der Waals surface area contributed by atoms with Crippen LogP contribution in [0.25, 0.3) is 0 Å². The number of hydrogen-bond donors (Lipinski definition) is 2. The Morgan fingerprint density at radius 3 is 2.80 bits per heavy atom. The zero-order valence-electron chi connectivity index (χ0n) is 6.93. The van der Waals surface area contributed by atoms with Crippen molar-refractivity contribution in [3.8, 4) is 0 Å². The molecule has 1 unspecified atom stereocenters. The monoisotopic (exact) mass is 142 g/mol. The standard InChI is InChI=1S/C8H18N2/c1-3-4-5-6-10-8(2)7-9/h3-4,8,10H,5-7,9H2,1-2H3/b4-3+. The second kappa shape index (κ2) is 6.78. The number of nitrogens with one attached hydrogen (secondary N) is 1. The van der Waals surface area contributed by atoms with Gasteiger partial charge in [0, 0.05) is 12.6 Å². The van der Waals surface area contributed by atoms with Crippen molar-refractivity contribution >= 4 is 0 Å². The molecule has 0 spiro atoms. The Kier molecular flexibility index (Phi) is 6.55. The molecule has 0 aliphatic rings. The number of hydrogen-bond acceptors (Lipinski definition) is 2. The Labute approximate surface area is 63.5 Å². The topological polar surface area (TPSA) is 38.0 Å². The van der Waals surface area contributed by atoms with Crippen LogP contribution in [0.1, 0.15) is 20.3 Å². The van der Waals surface area contributed by atoms with Crippen LogP contribution in [-0.2, 0) is 0 Å². The summed E-state index contributed by atoms with van der Waals surface area (Å²) < 4.78 is 0. The van der Waals surface area contributed by atoms with Gasteiger partial charge in [-0.05, 0) is 26.8 Å². The maximum atomic E-state index is 5.41. The van der Waals surface area contributed by atoms with E-state index in [0.717, 1.165) is 19.5 Å². The largest absolute Gasteiger partial charge is 0.329 e. The summed E-state index contributed by atoms with van der Waals surface area (Å²) in [5.74, 6) is 0. The van der Waals surface area contributed by atoms with E-state index in [4.69, 9.17) is 5.73 Å². The zero-order valence-corrected chi connectivity index (χ0v) is 6.93. The Hall–Kier alpha value is -0.340. The molecule has 1 atom stereocenters. The first-order chi connectivity index (χ1) is 4.81. The summed E-state index contributed by atoms with van der Waals surface area (Å²) in [6.07, 6.45) is 5.31. The van der Waals surface area contributed by atoms with Crippen molar-refractivity contribution in [2.24, 2.45) is 5.73 Å². The zero-order chi connectivity index (χ0) is 7.82. The predicted molar refractivity (Wildman–Crippen MR) is 46.0 cm³/mol. The van der Waals surface area contributed by atoms with Gasteiger partial charge in [-0.1, -0.05) is 12.2 Å². The molecule has 0 saturated heterocycles. The molecule has 60 valence electrons. The van der Waals surface area contributed by atoms with Crippen molar-refractivity contribution in [1.82, 2.24) is 5.32 Å².